The number of benzene rings is 1. The molecule has 3 N–H and O–H groups in total. The zero-order valence-electron chi connectivity index (χ0n) is 11.5. The largest absolute Gasteiger partial charge is 0.423 e. The Labute approximate surface area is 113 Å². The van der Waals surface area contributed by atoms with Gasteiger partial charge in [0.15, 0.2) is 5.58 Å². The van der Waals surface area contributed by atoms with E-state index in [2.05, 4.69) is 24.1 Å². The lowest BCUT2D eigenvalue weighted by atomic mass is 9.80. The third kappa shape index (κ3) is 2.53. The van der Waals surface area contributed by atoms with Gasteiger partial charge in [0.05, 0.1) is 5.69 Å². The van der Waals surface area contributed by atoms with Gasteiger partial charge in [-0.2, -0.15) is 4.98 Å². The van der Waals surface area contributed by atoms with Crippen LogP contribution in [0.1, 0.15) is 33.1 Å². The number of oxazole rings is 1. The summed E-state index contributed by atoms with van der Waals surface area (Å²) >= 11 is 0. The lowest BCUT2D eigenvalue weighted by molar-refractivity contribution is 0.278. The van der Waals surface area contributed by atoms with Crippen molar-refractivity contribution in [3.8, 4) is 0 Å². The fraction of sp³-hybridized carbons (Fsp3) is 0.533. The SMILES string of the molecule is CC1CC(C)CC(Nc2nc3c(N)cccc3o2)C1. The molecule has 1 heterocycles. The molecule has 1 aliphatic carbocycles. The summed E-state index contributed by atoms with van der Waals surface area (Å²) in [6.45, 7) is 4.63. The van der Waals surface area contributed by atoms with E-state index in [4.69, 9.17) is 10.2 Å². The average molecular weight is 259 g/mol. The number of fused-ring (bicyclic) bond motifs is 1. The Bertz CT molecular complexity index is 568. The normalized spacial score (nSPS) is 27.6. The van der Waals surface area contributed by atoms with Crippen molar-refractivity contribution in [2.45, 2.75) is 39.2 Å². The molecule has 1 fully saturated rings. The fourth-order valence-corrected chi connectivity index (χ4v) is 3.27. The minimum absolute atomic E-state index is 0.452. The van der Waals surface area contributed by atoms with Crippen molar-refractivity contribution < 1.29 is 4.42 Å². The molecule has 1 aliphatic rings. The maximum atomic E-state index is 5.90. The van der Waals surface area contributed by atoms with Crippen LogP contribution in [0.5, 0.6) is 0 Å². The Morgan fingerprint density at radius 3 is 2.63 bits per heavy atom. The van der Waals surface area contributed by atoms with Crippen molar-refractivity contribution in [1.29, 1.82) is 0 Å². The molecule has 2 atom stereocenters. The van der Waals surface area contributed by atoms with E-state index in [0.29, 0.717) is 17.7 Å². The monoisotopic (exact) mass is 259 g/mol. The Balaban J connectivity index is 1.79. The van der Waals surface area contributed by atoms with Crippen LogP contribution in [0.15, 0.2) is 22.6 Å². The van der Waals surface area contributed by atoms with Gasteiger partial charge in [-0.1, -0.05) is 19.9 Å². The molecule has 4 heteroatoms. The van der Waals surface area contributed by atoms with Gasteiger partial charge in [0.1, 0.15) is 5.52 Å². The summed E-state index contributed by atoms with van der Waals surface area (Å²) in [5, 5.41) is 3.42. The number of nitrogens with one attached hydrogen (secondary N) is 1. The molecule has 19 heavy (non-hydrogen) atoms. The number of para-hydroxylation sites is 1. The number of nitrogens with zero attached hydrogens (tertiary/aromatic N) is 1. The molecule has 0 amide bonds. The highest BCUT2D eigenvalue weighted by Gasteiger charge is 2.25. The quantitative estimate of drug-likeness (QED) is 0.808. The molecular formula is C15H21N3O. The van der Waals surface area contributed by atoms with Crippen molar-refractivity contribution >= 4 is 22.8 Å². The second-order valence-electron chi connectivity index (χ2n) is 5.97. The summed E-state index contributed by atoms with van der Waals surface area (Å²) in [6.07, 6.45) is 3.68. The summed E-state index contributed by atoms with van der Waals surface area (Å²) in [4.78, 5) is 4.45. The number of nitrogen functional groups attached to an aromatic ring is 1. The van der Waals surface area contributed by atoms with E-state index in [1.165, 1.54) is 19.3 Å². The number of rotatable bonds is 2. The number of anilines is 2. The van der Waals surface area contributed by atoms with Crippen LogP contribution in [0.4, 0.5) is 11.7 Å². The van der Waals surface area contributed by atoms with Crippen LogP contribution >= 0.6 is 0 Å². The van der Waals surface area contributed by atoms with Crippen molar-refractivity contribution in [3.05, 3.63) is 18.2 Å². The third-order valence-electron chi connectivity index (χ3n) is 3.96. The molecule has 1 aromatic heterocycles. The van der Waals surface area contributed by atoms with Crippen LogP contribution in [0.2, 0.25) is 0 Å². The van der Waals surface area contributed by atoms with Crippen molar-refractivity contribution in [1.82, 2.24) is 4.98 Å². The highest BCUT2D eigenvalue weighted by molar-refractivity contribution is 5.86. The van der Waals surface area contributed by atoms with Gasteiger partial charge in [-0.25, -0.2) is 0 Å². The van der Waals surface area contributed by atoms with Gasteiger partial charge >= 0.3 is 0 Å². The second kappa shape index (κ2) is 4.76. The Morgan fingerprint density at radius 1 is 1.21 bits per heavy atom. The van der Waals surface area contributed by atoms with Gasteiger partial charge in [0.2, 0.25) is 0 Å². The molecule has 3 rings (SSSR count). The zero-order valence-corrected chi connectivity index (χ0v) is 11.5. The Hall–Kier alpha value is -1.71. The number of aromatic nitrogens is 1. The molecule has 2 unspecified atom stereocenters. The van der Waals surface area contributed by atoms with E-state index in [-0.39, 0.29) is 0 Å². The summed E-state index contributed by atoms with van der Waals surface area (Å²) in [6, 6.07) is 6.68. The highest BCUT2D eigenvalue weighted by atomic mass is 16.4. The van der Waals surface area contributed by atoms with Crippen LogP contribution in [0.3, 0.4) is 0 Å². The van der Waals surface area contributed by atoms with E-state index in [9.17, 15) is 0 Å². The molecule has 0 aliphatic heterocycles. The summed E-state index contributed by atoms with van der Waals surface area (Å²) in [5.74, 6) is 1.52. The summed E-state index contributed by atoms with van der Waals surface area (Å²) < 4.78 is 5.72. The van der Waals surface area contributed by atoms with Gasteiger partial charge in [-0.15, -0.1) is 0 Å². The van der Waals surface area contributed by atoms with Gasteiger partial charge in [0, 0.05) is 6.04 Å². The molecule has 1 saturated carbocycles. The molecule has 0 saturated heterocycles. The zero-order chi connectivity index (χ0) is 13.4. The molecular weight excluding hydrogens is 238 g/mol. The predicted molar refractivity (Wildman–Crippen MR) is 78.0 cm³/mol. The van der Waals surface area contributed by atoms with E-state index in [1.807, 2.05) is 18.2 Å². The maximum absolute atomic E-state index is 5.90. The topological polar surface area (TPSA) is 64.1 Å². The van der Waals surface area contributed by atoms with Crippen LogP contribution in [-0.2, 0) is 0 Å². The summed E-state index contributed by atoms with van der Waals surface area (Å²) in [5.41, 5.74) is 8.06. The molecule has 4 nitrogen and oxygen atoms in total. The van der Waals surface area contributed by atoms with Gasteiger partial charge in [-0.3, -0.25) is 0 Å². The fourth-order valence-electron chi connectivity index (χ4n) is 3.27. The smallest absolute Gasteiger partial charge is 0.295 e. The minimum Gasteiger partial charge on any atom is -0.423 e. The lowest BCUT2D eigenvalue weighted by Crippen LogP contribution is -2.30. The van der Waals surface area contributed by atoms with Gasteiger partial charge in [-0.05, 0) is 43.2 Å². The van der Waals surface area contributed by atoms with Crippen molar-refractivity contribution in [3.63, 3.8) is 0 Å². The first kappa shape index (κ1) is 12.3. The molecule has 0 bridgehead atoms. The molecule has 0 radical (unpaired) electrons. The standard InChI is InChI=1S/C15H21N3O/c1-9-6-10(2)8-11(7-9)17-15-18-14-12(16)4-3-5-13(14)19-15/h3-5,9-11H,6-8,16H2,1-2H3,(H,17,18). The van der Waals surface area contributed by atoms with E-state index in [0.717, 1.165) is 22.9 Å². The van der Waals surface area contributed by atoms with Crippen LogP contribution in [0, 0.1) is 11.8 Å². The first-order valence-corrected chi connectivity index (χ1v) is 7.03. The Kier molecular flexibility index (Phi) is 3.09. The third-order valence-corrected chi connectivity index (χ3v) is 3.96. The maximum Gasteiger partial charge on any atom is 0.295 e. The molecule has 102 valence electrons. The van der Waals surface area contributed by atoms with E-state index >= 15 is 0 Å². The second-order valence-corrected chi connectivity index (χ2v) is 5.97. The number of nitrogens with two attached hydrogens (primary N) is 1. The van der Waals surface area contributed by atoms with Crippen molar-refractivity contribution in [2.75, 3.05) is 11.1 Å². The first-order chi connectivity index (χ1) is 9.11. The average Bonchev–Trinajstić information content (AvgIpc) is 2.71. The van der Waals surface area contributed by atoms with Crippen LogP contribution < -0.4 is 11.1 Å². The lowest BCUT2D eigenvalue weighted by Gasteiger charge is -2.31. The number of hydrogen-bond acceptors (Lipinski definition) is 4. The van der Waals surface area contributed by atoms with Gasteiger partial charge < -0.3 is 15.5 Å². The van der Waals surface area contributed by atoms with E-state index < -0.39 is 0 Å². The highest BCUT2D eigenvalue weighted by Crippen LogP contribution is 2.31. The van der Waals surface area contributed by atoms with Gasteiger partial charge in [0.25, 0.3) is 6.01 Å². The van der Waals surface area contributed by atoms with Crippen LogP contribution in [0.25, 0.3) is 11.1 Å². The molecule has 1 aromatic carbocycles. The summed E-state index contributed by atoms with van der Waals surface area (Å²) in [7, 11) is 0. The molecule has 0 spiro atoms. The first-order valence-electron chi connectivity index (χ1n) is 7.03. The minimum atomic E-state index is 0.452. The Morgan fingerprint density at radius 2 is 1.95 bits per heavy atom. The number of hydrogen-bond donors (Lipinski definition) is 2. The predicted octanol–water partition coefficient (Wildman–Crippen LogP) is 3.65. The molecule has 2 aromatic rings. The van der Waals surface area contributed by atoms with Crippen LogP contribution in [-0.4, -0.2) is 11.0 Å². The van der Waals surface area contributed by atoms with Crippen molar-refractivity contribution in [2.24, 2.45) is 11.8 Å². The van der Waals surface area contributed by atoms with E-state index in [1.54, 1.807) is 0 Å².